The van der Waals surface area contributed by atoms with Crippen molar-refractivity contribution in [2.45, 2.75) is 6.18 Å². The van der Waals surface area contributed by atoms with Gasteiger partial charge in [0.05, 0.1) is 15.6 Å². The van der Waals surface area contributed by atoms with Crippen LogP contribution in [0.3, 0.4) is 0 Å². The molecule has 0 N–H and O–H groups in total. The highest BCUT2D eigenvalue weighted by Gasteiger charge is 2.33. The number of benzene rings is 2. The van der Waals surface area contributed by atoms with E-state index in [1.165, 1.54) is 36.4 Å². The van der Waals surface area contributed by atoms with Crippen molar-refractivity contribution in [1.82, 2.24) is 0 Å². The minimum atomic E-state index is -4.55. The highest BCUT2D eigenvalue weighted by Crippen LogP contribution is 2.33. The maximum absolute atomic E-state index is 13.0. The molecule has 25 heavy (non-hydrogen) atoms. The Morgan fingerprint density at radius 3 is 2.44 bits per heavy atom. The molecule has 0 radical (unpaired) electrons. The zero-order valence-electron chi connectivity index (χ0n) is 12.3. The normalized spacial score (nSPS) is 16.1. The third-order valence-corrected chi connectivity index (χ3v) is 4.08. The van der Waals surface area contributed by atoms with Gasteiger partial charge in [0.2, 0.25) is 5.90 Å². The Balaban J connectivity index is 2.01. The predicted molar refractivity (Wildman–Crippen MR) is 88.5 cm³/mol. The van der Waals surface area contributed by atoms with E-state index in [0.717, 1.165) is 12.1 Å². The molecule has 0 saturated carbocycles. The molecule has 1 heterocycles. The minimum Gasteiger partial charge on any atom is -0.402 e. The summed E-state index contributed by atoms with van der Waals surface area (Å²) in [6.45, 7) is 0. The Bertz CT molecular complexity index is 920. The lowest BCUT2D eigenvalue weighted by Crippen LogP contribution is -2.08. The Hall–Kier alpha value is -2.31. The fourth-order valence-corrected chi connectivity index (χ4v) is 2.49. The van der Waals surface area contributed by atoms with Crippen LogP contribution in [0.5, 0.6) is 0 Å². The van der Waals surface area contributed by atoms with Gasteiger partial charge in [0.1, 0.15) is 0 Å². The SMILES string of the molecule is O=C1OC(c2ccc(Cl)c(Cl)c2)=N/C1=C\c1ccccc1C(F)(F)F. The van der Waals surface area contributed by atoms with Crippen LogP contribution in [0, 0.1) is 0 Å². The van der Waals surface area contributed by atoms with Gasteiger partial charge in [0.25, 0.3) is 0 Å². The Labute approximate surface area is 150 Å². The minimum absolute atomic E-state index is 0.0562. The molecule has 0 aliphatic carbocycles. The molecule has 1 aliphatic heterocycles. The first-order valence-corrected chi connectivity index (χ1v) is 7.65. The lowest BCUT2D eigenvalue weighted by atomic mass is 10.1. The van der Waals surface area contributed by atoms with Crippen molar-refractivity contribution in [3.8, 4) is 0 Å². The van der Waals surface area contributed by atoms with Gasteiger partial charge in [0.15, 0.2) is 5.70 Å². The average Bonchev–Trinajstić information content (AvgIpc) is 2.90. The maximum atomic E-state index is 13.0. The number of carbonyl (C=O) groups excluding carboxylic acids is 1. The molecular formula is C17H8Cl2F3NO2. The number of halogens is 5. The van der Waals surface area contributed by atoms with E-state index < -0.39 is 17.7 Å². The third kappa shape index (κ3) is 3.70. The average molecular weight is 386 g/mol. The molecule has 0 amide bonds. The number of cyclic esters (lactones) is 1. The number of hydrogen-bond donors (Lipinski definition) is 0. The quantitative estimate of drug-likeness (QED) is 0.515. The number of ether oxygens (including phenoxy) is 1. The summed E-state index contributed by atoms with van der Waals surface area (Å²) in [6, 6.07) is 9.35. The first-order valence-electron chi connectivity index (χ1n) is 6.90. The number of alkyl halides is 3. The van der Waals surface area contributed by atoms with E-state index in [4.69, 9.17) is 27.9 Å². The van der Waals surface area contributed by atoms with E-state index in [1.807, 2.05) is 0 Å². The predicted octanol–water partition coefficient (Wildman–Crippen LogP) is 5.36. The van der Waals surface area contributed by atoms with E-state index in [-0.39, 0.29) is 22.2 Å². The van der Waals surface area contributed by atoms with Crippen molar-refractivity contribution in [1.29, 1.82) is 0 Å². The van der Waals surface area contributed by atoms with Crippen LogP contribution in [-0.2, 0) is 15.7 Å². The van der Waals surface area contributed by atoms with Gasteiger partial charge in [-0.1, -0.05) is 41.4 Å². The third-order valence-electron chi connectivity index (χ3n) is 3.35. The zero-order chi connectivity index (χ0) is 18.2. The molecule has 3 rings (SSSR count). The van der Waals surface area contributed by atoms with Gasteiger partial charge in [0, 0.05) is 5.56 Å². The van der Waals surface area contributed by atoms with E-state index in [2.05, 4.69) is 4.99 Å². The molecule has 2 aromatic carbocycles. The van der Waals surface area contributed by atoms with Crippen molar-refractivity contribution < 1.29 is 22.7 Å². The Kier molecular flexibility index (Phi) is 4.58. The first-order chi connectivity index (χ1) is 11.8. The summed E-state index contributed by atoms with van der Waals surface area (Å²) in [7, 11) is 0. The number of rotatable bonds is 2. The molecule has 0 spiro atoms. The van der Waals surface area contributed by atoms with Crippen LogP contribution in [-0.4, -0.2) is 11.9 Å². The summed E-state index contributed by atoms with van der Waals surface area (Å²) in [5.41, 5.74) is -0.900. The zero-order valence-corrected chi connectivity index (χ0v) is 13.8. The fourth-order valence-electron chi connectivity index (χ4n) is 2.19. The highest BCUT2D eigenvalue weighted by atomic mass is 35.5. The van der Waals surface area contributed by atoms with Gasteiger partial charge in [-0.2, -0.15) is 13.2 Å². The second kappa shape index (κ2) is 6.54. The van der Waals surface area contributed by atoms with E-state index in [0.29, 0.717) is 10.6 Å². The number of esters is 1. The molecule has 0 unspecified atom stereocenters. The molecule has 0 atom stereocenters. The van der Waals surface area contributed by atoms with Gasteiger partial charge in [-0.25, -0.2) is 9.79 Å². The molecular weight excluding hydrogens is 378 g/mol. The van der Waals surface area contributed by atoms with Crippen LogP contribution in [0.15, 0.2) is 53.2 Å². The van der Waals surface area contributed by atoms with Crippen molar-refractivity contribution in [3.05, 3.63) is 74.9 Å². The fraction of sp³-hybridized carbons (Fsp3) is 0.0588. The van der Waals surface area contributed by atoms with Crippen LogP contribution in [0.25, 0.3) is 6.08 Å². The smallest absolute Gasteiger partial charge is 0.402 e. The molecule has 3 nitrogen and oxygen atoms in total. The standard InChI is InChI=1S/C17H8Cl2F3NO2/c18-12-6-5-10(7-13(12)19)15-23-14(16(24)25-15)8-9-3-1-2-4-11(9)17(20,21)22/h1-8H/b14-8-. The molecule has 0 saturated heterocycles. The number of nitrogens with zero attached hydrogens (tertiary/aromatic N) is 1. The molecule has 2 aromatic rings. The number of aliphatic imine (C=N–C) groups is 1. The summed E-state index contributed by atoms with van der Waals surface area (Å²) >= 11 is 11.7. The largest absolute Gasteiger partial charge is 0.416 e. The Morgan fingerprint density at radius 1 is 1.04 bits per heavy atom. The lowest BCUT2D eigenvalue weighted by Gasteiger charge is -2.09. The van der Waals surface area contributed by atoms with Gasteiger partial charge >= 0.3 is 12.1 Å². The summed E-state index contributed by atoms with van der Waals surface area (Å²) in [5, 5.41) is 0.544. The molecule has 0 aromatic heterocycles. The highest BCUT2D eigenvalue weighted by molar-refractivity contribution is 6.42. The van der Waals surface area contributed by atoms with Crippen LogP contribution in [0.4, 0.5) is 13.2 Å². The van der Waals surface area contributed by atoms with Crippen LogP contribution >= 0.6 is 23.2 Å². The number of hydrogen-bond acceptors (Lipinski definition) is 3. The van der Waals surface area contributed by atoms with E-state index in [1.54, 1.807) is 0 Å². The van der Waals surface area contributed by atoms with Crippen LogP contribution in [0.1, 0.15) is 16.7 Å². The molecule has 1 aliphatic rings. The molecule has 0 bridgehead atoms. The molecule has 0 fully saturated rings. The Morgan fingerprint density at radius 2 is 1.76 bits per heavy atom. The van der Waals surface area contributed by atoms with Crippen molar-refractivity contribution in [3.63, 3.8) is 0 Å². The van der Waals surface area contributed by atoms with Crippen molar-refractivity contribution in [2.75, 3.05) is 0 Å². The topological polar surface area (TPSA) is 38.7 Å². The van der Waals surface area contributed by atoms with Gasteiger partial charge < -0.3 is 4.74 Å². The van der Waals surface area contributed by atoms with Gasteiger partial charge in [-0.15, -0.1) is 0 Å². The van der Waals surface area contributed by atoms with Gasteiger partial charge in [-0.3, -0.25) is 0 Å². The van der Waals surface area contributed by atoms with Crippen molar-refractivity contribution >= 4 is 41.1 Å². The second-order valence-electron chi connectivity index (χ2n) is 5.05. The van der Waals surface area contributed by atoms with E-state index >= 15 is 0 Å². The second-order valence-corrected chi connectivity index (χ2v) is 5.86. The van der Waals surface area contributed by atoms with E-state index in [9.17, 15) is 18.0 Å². The molecule has 8 heteroatoms. The van der Waals surface area contributed by atoms with Crippen LogP contribution in [0.2, 0.25) is 10.0 Å². The summed E-state index contributed by atoms with van der Waals surface area (Å²) in [6.07, 6.45) is -3.51. The van der Waals surface area contributed by atoms with Gasteiger partial charge in [-0.05, 0) is 35.9 Å². The lowest BCUT2D eigenvalue weighted by molar-refractivity contribution is -0.137. The first kappa shape index (κ1) is 17.5. The van der Waals surface area contributed by atoms with Crippen molar-refractivity contribution in [2.24, 2.45) is 4.99 Å². The maximum Gasteiger partial charge on any atom is 0.416 e. The van der Waals surface area contributed by atoms with Crippen LogP contribution < -0.4 is 0 Å². The molecule has 128 valence electrons. The summed E-state index contributed by atoms with van der Waals surface area (Å²) in [4.78, 5) is 15.9. The number of carbonyl (C=O) groups is 1. The monoisotopic (exact) mass is 385 g/mol. The summed E-state index contributed by atoms with van der Waals surface area (Å²) in [5.74, 6) is -0.905. The summed E-state index contributed by atoms with van der Waals surface area (Å²) < 4.78 is 44.1.